The molecule has 0 aliphatic carbocycles. The van der Waals surface area contributed by atoms with E-state index < -0.39 is 11.8 Å². The maximum Gasteiger partial charge on any atom is 0.322 e. The SMILES string of the molecule is CCOc1cc(-c2cc(NCCn3c(C#N)cc4c(OC)ccc(F)c43)ncn2)ccc1NCC(=O)O. The Kier molecular flexibility index (Phi) is 7.68. The summed E-state index contributed by atoms with van der Waals surface area (Å²) in [6.45, 7) is 2.70. The lowest BCUT2D eigenvalue weighted by atomic mass is 10.1. The van der Waals surface area contributed by atoms with Crippen molar-refractivity contribution in [1.29, 1.82) is 5.26 Å². The van der Waals surface area contributed by atoms with Crippen LogP contribution in [0, 0.1) is 17.1 Å². The minimum Gasteiger partial charge on any atom is -0.496 e. The van der Waals surface area contributed by atoms with E-state index in [0.29, 0.717) is 65.0 Å². The molecule has 0 aliphatic heterocycles. The number of nitrogens with zero attached hydrogens (tertiary/aromatic N) is 4. The van der Waals surface area contributed by atoms with E-state index in [1.807, 2.05) is 6.92 Å². The third-order valence-corrected chi connectivity index (χ3v) is 5.62. The van der Waals surface area contributed by atoms with Crippen molar-refractivity contribution in [3.8, 4) is 28.8 Å². The van der Waals surface area contributed by atoms with Crippen LogP contribution in [0.4, 0.5) is 15.9 Å². The lowest BCUT2D eigenvalue weighted by Crippen LogP contribution is -2.13. The molecule has 4 rings (SSSR count). The first-order valence-corrected chi connectivity index (χ1v) is 11.5. The van der Waals surface area contributed by atoms with Gasteiger partial charge in [-0.25, -0.2) is 14.4 Å². The van der Waals surface area contributed by atoms with Gasteiger partial charge in [0.1, 0.15) is 47.8 Å². The largest absolute Gasteiger partial charge is 0.496 e. The highest BCUT2D eigenvalue weighted by Crippen LogP contribution is 2.32. The molecule has 2 aromatic carbocycles. The number of carboxylic acids is 1. The van der Waals surface area contributed by atoms with E-state index in [1.54, 1.807) is 34.9 Å². The predicted molar refractivity (Wildman–Crippen MR) is 136 cm³/mol. The highest BCUT2D eigenvalue weighted by Gasteiger charge is 2.16. The second kappa shape index (κ2) is 11.3. The number of carboxylic acid groups (broad SMARTS) is 1. The number of fused-ring (bicyclic) bond motifs is 1. The molecule has 0 spiro atoms. The van der Waals surface area contributed by atoms with Gasteiger partial charge in [-0.15, -0.1) is 0 Å². The fraction of sp³-hybridized carbons (Fsp3) is 0.231. The topological polar surface area (TPSA) is 134 Å². The van der Waals surface area contributed by atoms with Crippen LogP contribution in [-0.4, -0.2) is 52.4 Å². The molecule has 0 saturated heterocycles. The van der Waals surface area contributed by atoms with Crippen LogP contribution in [0.1, 0.15) is 12.6 Å². The first kappa shape index (κ1) is 25.2. The van der Waals surface area contributed by atoms with E-state index in [1.165, 1.54) is 25.6 Å². The summed E-state index contributed by atoms with van der Waals surface area (Å²) < 4.78 is 27.2. The highest BCUT2D eigenvalue weighted by atomic mass is 19.1. The number of methoxy groups -OCH3 is 1. The summed E-state index contributed by atoms with van der Waals surface area (Å²) in [6.07, 6.45) is 1.42. The Labute approximate surface area is 212 Å². The number of hydrogen-bond donors (Lipinski definition) is 3. The maximum absolute atomic E-state index is 14.6. The lowest BCUT2D eigenvalue weighted by Gasteiger charge is -2.13. The Morgan fingerprint density at radius 2 is 2.00 bits per heavy atom. The number of hydrogen-bond acceptors (Lipinski definition) is 8. The summed E-state index contributed by atoms with van der Waals surface area (Å²) in [5, 5.41) is 25.1. The number of nitriles is 1. The Balaban J connectivity index is 1.52. The number of ether oxygens (including phenoxy) is 2. The third kappa shape index (κ3) is 5.54. The number of benzene rings is 2. The summed E-state index contributed by atoms with van der Waals surface area (Å²) in [5.74, 6) is 0.137. The molecule has 3 N–H and O–H groups in total. The molecule has 0 bridgehead atoms. The van der Waals surface area contributed by atoms with E-state index in [0.717, 1.165) is 5.56 Å². The van der Waals surface area contributed by atoms with Gasteiger partial charge in [0.15, 0.2) is 0 Å². The predicted octanol–water partition coefficient (Wildman–Crippen LogP) is 4.12. The summed E-state index contributed by atoms with van der Waals surface area (Å²) in [5.41, 5.74) is 2.58. The number of anilines is 2. The van der Waals surface area contributed by atoms with Crippen LogP contribution in [-0.2, 0) is 11.3 Å². The van der Waals surface area contributed by atoms with Gasteiger partial charge in [-0.1, -0.05) is 6.07 Å². The van der Waals surface area contributed by atoms with Crippen LogP contribution in [0.3, 0.4) is 0 Å². The fourth-order valence-electron chi connectivity index (χ4n) is 4.00. The van der Waals surface area contributed by atoms with Gasteiger partial charge in [0.2, 0.25) is 0 Å². The number of nitrogens with one attached hydrogen (secondary N) is 2. The van der Waals surface area contributed by atoms with Crippen molar-refractivity contribution in [1.82, 2.24) is 14.5 Å². The summed E-state index contributed by atoms with van der Waals surface area (Å²) >= 11 is 0. The molecule has 0 atom stereocenters. The molecule has 0 amide bonds. The molecule has 2 heterocycles. The number of aliphatic carboxylic acids is 1. The van der Waals surface area contributed by atoms with E-state index in [4.69, 9.17) is 14.6 Å². The summed E-state index contributed by atoms with van der Waals surface area (Å²) in [6, 6.07) is 13.7. The van der Waals surface area contributed by atoms with Crippen LogP contribution in [0.25, 0.3) is 22.2 Å². The minimum absolute atomic E-state index is 0.234. The zero-order valence-electron chi connectivity index (χ0n) is 20.3. The van der Waals surface area contributed by atoms with Gasteiger partial charge in [-0.3, -0.25) is 4.79 Å². The molecular weight excluding hydrogens is 479 g/mol. The zero-order chi connectivity index (χ0) is 26.4. The highest BCUT2D eigenvalue weighted by molar-refractivity contribution is 5.88. The van der Waals surface area contributed by atoms with Crippen LogP contribution >= 0.6 is 0 Å². The van der Waals surface area contributed by atoms with Crippen LogP contribution in [0.5, 0.6) is 11.5 Å². The average molecular weight is 505 g/mol. The average Bonchev–Trinajstić information content (AvgIpc) is 3.28. The number of carbonyl (C=O) groups is 1. The van der Waals surface area contributed by atoms with Gasteiger partial charge in [0, 0.05) is 30.1 Å². The Bertz CT molecular complexity index is 1480. The van der Waals surface area contributed by atoms with Crippen molar-refractivity contribution < 1.29 is 23.8 Å². The van der Waals surface area contributed by atoms with Gasteiger partial charge in [-0.2, -0.15) is 5.26 Å². The number of aromatic nitrogens is 3. The molecule has 0 saturated carbocycles. The van der Waals surface area contributed by atoms with Gasteiger partial charge >= 0.3 is 5.97 Å². The normalized spacial score (nSPS) is 10.6. The van der Waals surface area contributed by atoms with Crippen molar-refractivity contribution in [2.45, 2.75) is 13.5 Å². The van der Waals surface area contributed by atoms with E-state index in [-0.39, 0.29) is 6.54 Å². The van der Waals surface area contributed by atoms with Crippen LogP contribution < -0.4 is 20.1 Å². The van der Waals surface area contributed by atoms with Gasteiger partial charge in [-0.05, 0) is 37.3 Å². The van der Waals surface area contributed by atoms with Gasteiger partial charge in [0.25, 0.3) is 0 Å². The zero-order valence-corrected chi connectivity index (χ0v) is 20.3. The van der Waals surface area contributed by atoms with Crippen LogP contribution in [0.15, 0.2) is 48.8 Å². The van der Waals surface area contributed by atoms with Crippen molar-refractivity contribution in [2.75, 3.05) is 37.4 Å². The molecule has 10 nitrogen and oxygen atoms in total. The van der Waals surface area contributed by atoms with Crippen molar-refractivity contribution in [3.63, 3.8) is 0 Å². The third-order valence-electron chi connectivity index (χ3n) is 5.62. The molecule has 37 heavy (non-hydrogen) atoms. The molecule has 0 aliphatic rings. The molecule has 190 valence electrons. The van der Waals surface area contributed by atoms with Crippen molar-refractivity contribution in [2.24, 2.45) is 0 Å². The molecule has 2 aromatic heterocycles. The molecular formula is C26H25FN6O4. The first-order chi connectivity index (χ1) is 17.9. The lowest BCUT2D eigenvalue weighted by molar-refractivity contribution is -0.134. The summed E-state index contributed by atoms with van der Waals surface area (Å²) in [4.78, 5) is 19.5. The van der Waals surface area contributed by atoms with E-state index in [2.05, 4.69) is 26.7 Å². The number of rotatable bonds is 11. The second-order valence-electron chi connectivity index (χ2n) is 7.91. The van der Waals surface area contributed by atoms with E-state index >= 15 is 0 Å². The van der Waals surface area contributed by atoms with Crippen molar-refractivity contribution >= 4 is 28.4 Å². The Hall–Kier alpha value is -4.85. The van der Waals surface area contributed by atoms with Gasteiger partial charge in [0.05, 0.1) is 30.6 Å². The first-order valence-electron chi connectivity index (χ1n) is 11.5. The smallest absolute Gasteiger partial charge is 0.322 e. The summed E-state index contributed by atoms with van der Waals surface area (Å²) in [7, 11) is 1.50. The Morgan fingerprint density at radius 1 is 1.16 bits per heavy atom. The van der Waals surface area contributed by atoms with Crippen LogP contribution in [0.2, 0.25) is 0 Å². The monoisotopic (exact) mass is 504 g/mol. The molecule has 0 fully saturated rings. The Morgan fingerprint density at radius 3 is 2.73 bits per heavy atom. The van der Waals surface area contributed by atoms with Gasteiger partial charge < -0.3 is 29.8 Å². The second-order valence-corrected chi connectivity index (χ2v) is 7.91. The molecule has 0 unspecified atom stereocenters. The standard InChI is InChI=1S/C26H25FN6O4/c1-3-37-23-10-16(4-6-20(23)30-14-25(34)35)21-12-24(32-15-31-21)29-8-9-33-17(13-28)11-18-22(36-2)7-5-19(27)26(18)33/h4-7,10-12,15,30H,3,8-9,14H2,1-2H3,(H,34,35)(H,29,31,32). The quantitative estimate of drug-likeness (QED) is 0.276. The fourth-order valence-corrected chi connectivity index (χ4v) is 4.00. The van der Waals surface area contributed by atoms with Crippen molar-refractivity contribution in [3.05, 3.63) is 60.3 Å². The molecule has 11 heteroatoms. The van der Waals surface area contributed by atoms with E-state index in [9.17, 15) is 14.4 Å². The number of halogens is 1. The maximum atomic E-state index is 14.6. The molecule has 4 aromatic rings. The molecule has 0 radical (unpaired) electrons. The minimum atomic E-state index is -0.977.